The number of thiophene rings is 1. The first kappa shape index (κ1) is 15.1. The number of rotatable bonds is 3. The minimum Gasteiger partial charge on any atom is -0.288 e. The van der Waals surface area contributed by atoms with Gasteiger partial charge in [0.25, 0.3) is 0 Å². The molecule has 1 nitrogen and oxygen atoms in total. The smallest absolute Gasteiger partial charge is 0.206 e. The molecular weight excluding hydrogens is 346 g/mol. The largest absolute Gasteiger partial charge is 0.288 e. The first-order valence-electron chi connectivity index (χ1n) is 5.42. The number of benzene rings is 1. The van der Waals surface area contributed by atoms with Gasteiger partial charge in [-0.2, -0.15) is 0 Å². The van der Waals surface area contributed by atoms with Crippen molar-refractivity contribution in [3.05, 3.63) is 53.6 Å². The molecule has 0 saturated carbocycles. The normalized spacial score (nSPS) is 10.8. The predicted octanol–water partition coefficient (Wildman–Crippen LogP) is 6.16. The molecule has 0 aliphatic carbocycles. The second-order valence-corrected chi connectivity index (χ2v) is 6.53. The van der Waals surface area contributed by atoms with Crippen LogP contribution in [0.15, 0.2) is 18.2 Å². The maximum Gasteiger partial charge on any atom is 0.206 e. The van der Waals surface area contributed by atoms with E-state index in [1.165, 1.54) is 17.4 Å². The first-order valence-corrected chi connectivity index (χ1v) is 7.75. The Balaban J connectivity index is 2.53. The molecule has 19 heavy (non-hydrogen) atoms. The van der Waals surface area contributed by atoms with Crippen molar-refractivity contribution < 1.29 is 4.79 Å². The third-order valence-corrected chi connectivity index (χ3v) is 5.36. The van der Waals surface area contributed by atoms with Crippen LogP contribution in [0, 0.1) is 0 Å². The van der Waals surface area contributed by atoms with Crippen molar-refractivity contribution in [1.29, 1.82) is 0 Å². The molecule has 0 N–H and O–H groups in total. The summed E-state index contributed by atoms with van der Waals surface area (Å²) in [5.74, 6) is -0.238. The summed E-state index contributed by atoms with van der Waals surface area (Å²) in [6.07, 6.45) is 0.876. The molecule has 1 heterocycles. The SMILES string of the molecule is CCc1ccc(C(=O)c2c(Cl)cc(Cl)c(Cl)c2Cl)s1. The Morgan fingerprint density at radius 2 is 1.79 bits per heavy atom. The monoisotopic (exact) mass is 352 g/mol. The van der Waals surface area contributed by atoms with E-state index in [-0.39, 0.29) is 31.4 Å². The van der Waals surface area contributed by atoms with Crippen molar-refractivity contribution in [3.8, 4) is 0 Å². The van der Waals surface area contributed by atoms with Gasteiger partial charge in [-0.3, -0.25) is 4.79 Å². The number of hydrogen-bond acceptors (Lipinski definition) is 2. The Morgan fingerprint density at radius 3 is 2.37 bits per heavy atom. The van der Waals surface area contributed by atoms with E-state index in [2.05, 4.69) is 0 Å². The molecule has 2 aromatic rings. The molecule has 0 fully saturated rings. The maximum atomic E-state index is 12.4. The average molecular weight is 354 g/mol. The van der Waals surface area contributed by atoms with Crippen LogP contribution in [0.5, 0.6) is 0 Å². The minimum atomic E-state index is -0.238. The van der Waals surface area contributed by atoms with Gasteiger partial charge in [-0.25, -0.2) is 0 Å². The molecule has 0 aliphatic heterocycles. The molecule has 1 aromatic heterocycles. The van der Waals surface area contributed by atoms with E-state index in [0.29, 0.717) is 4.88 Å². The van der Waals surface area contributed by atoms with Gasteiger partial charge >= 0.3 is 0 Å². The summed E-state index contributed by atoms with van der Waals surface area (Å²) >= 11 is 25.3. The van der Waals surface area contributed by atoms with E-state index in [4.69, 9.17) is 46.4 Å². The summed E-state index contributed by atoms with van der Waals surface area (Å²) in [6, 6.07) is 5.11. The Labute approximate surface area is 135 Å². The quantitative estimate of drug-likeness (QED) is 0.367. The number of halogens is 4. The summed E-state index contributed by atoms with van der Waals surface area (Å²) in [7, 11) is 0. The molecular formula is C13H8Cl4OS. The van der Waals surface area contributed by atoms with Crippen molar-refractivity contribution in [2.24, 2.45) is 0 Å². The zero-order chi connectivity index (χ0) is 14.2. The fraction of sp³-hybridized carbons (Fsp3) is 0.154. The highest BCUT2D eigenvalue weighted by atomic mass is 35.5. The van der Waals surface area contributed by atoms with E-state index in [1.54, 1.807) is 6.07 Å². The highest BCUT2D eigenvalue weighted by Gasteiger charge is 2.22. The van der Waals surface area contributed by atoms with Crippen LogP contribution in [-0.2, 0) is 6.42 Å². The van der Waals surface area contributed by atoms with Crippen LogP contribution in [0.4, 0.5) is 0 Å². The summed E-state index contributed by atoms with van der Waals surface area (Å²) < 4.78 is 0. The van der Waals surface area contributed by atoms with Crippen LogP contribution in [0.25, 0.3) is 0 Å². The van der Waals surface area contributed by atoms with E-state index < -0.39 is 0 Å². The second kappa shape index (κ2) is 6.02. The van der Waals surface area contributed by atoms with Gasteiger partial charge in [-0.15, -0.1) is 11.3 Å². The van der Waals surface area contributed by atoms with Gasteiger partial charge in [0.05, 0.1) is 30.5 Å². The topological polar surface area (TPSA) is 17.1 Å². The number of hydrogen-bond donors (Lipinski definition) is 0. The van der Waals surface area contributed by atoms with Crippen LogP contribution >= 0.6 is 57.7 Å². The molecule has 6 heteroatoms. The second-order valence-electron chi connectivity index (χ2n) is 3.79. The van der Waals surface area contributed by atoms with Crippen molar-refractivity contribution in [3.63, 3.8) is 0 Å². The third-order valence-electron chi connectivity index (χ3n) is 2.58. The lowest BCUT2D eigenvalue weighted by Crippen LogP contribution is -2.01. The molecule has 0 amide bonds. The Kier molecular flexibility index (Phi) is 4.80. The third kappa shape index (κ3) is 2.93. The zero-order valence-electron chi connectivity index (χ0n) is 9.77. The van der Waals surface area contributed by atoms with Gasteiger partial charge < -0.3 is 0 Å². The summed E-state index contributed by atoms with van der Waals surface area (Å²) in [5.41, 5.74) is 0.197. The molecule has 0 aliphatic rings. The highest BCUT2D eigenvalue weighted by molar-refractivity contribution is 7.14. The Bertz CT molecular complexity index is 648. The molecule has 0 spiro atoms. The van der Waals surface area contributed by atoms with E-state index >= 15 is 0 Å². The summed E-state index contributed by atoms with van der Waals surface area (Å²) in [5, 5.41) is 0.670. The van der Waals surface area contributed by atoms with Gasteiger partial charge in [0, 0.05) is 4.88 Å². The van der Waals surface area contributed by atoms with Crippen LogP contribution < -0.4 is 0 Å². The predicted molar refractivity (Wildman–Crippen MR) is 83.6 cm³/mol. The molecule has 1 aromatic carbocycles. The van der Waals surface area contributed by atoms with Crippen molar-refractivity contribution in [1.82, 2.24) is 0 Å². The lowest BCUT2D eigenvalue weighted by atomic mass is 10.1. The summed E-state index contributed by atoms with van der Waals surface area (Å²) in [6.45, 7) is 2.03. The average Bonchev–Trinajstić information content (AvgIpc) is 2.84. The fourth-order valence-corrected chi connectivity index (χ4v) is 3.57. The molecule has 0 atom stereocenters. The molecule has 100 valence electrons. The van der Waals surface area contributed by atoms with Crippen LogP contribution in [0.3, 0.4) is 0 Å². The molecule has 0 unspecified atom stereocenters. The van der Waals surface area contributed by atoms with E-state index in [0.717, 1.165) is 11.3 Å². The first-order chi connectivity index (χ1) is 8.95. The van der Waals surface area contributed by atoms with Gasteiger partial charge in [0.15, 0.2) is 0 Å². The van der Waals surface area contributed by atoms with Gasteiger partial charge in [0.1, 0.15) is 0 Å². The van der Waals surface area contributed by atoms with Crippen molar-refractivity contribution in [2.45, 2.75) is 13.3 Å². The maximum absolute atomic E-state index is 12.4. The lowest BCUT2D eigenvalue weighted by Gasteiger charge is -2.08. The zero-order valence-corrected chi connectivity index (χ0v) is 13.6. The van der Waals surface area contributed by atoms with Gasteiger partial charge in [0.2, 0.25) is 5.78 Å². The van der Waals surface area contributed by atoms with Crippen LogP contribution in [0.2, 0.25) is 20.1 Å². The van der Waals surface area contributed by atoms with Crippen molar-refractivity contribution >= 4 is 63.5 Å². The molecule has 0 saturated heterocycles. The Morgan fingerprint density at radius 1 is 1.11 bits per heavy atom. The lowest BCUT2D eigenvalue weighted by molar-refractivity contribution is 0.104. The van der Waals surface area contributed by atoms with E-state index in [1.807, 2.05) is 13.0 Å². The number of aryl methyl sites for hydroxylation is 1. The van der Waals surface area contributed by atoms with Gasteiger partial charge in [-0.05, 0) is 24.6 Å². The molecule has 0 radical (unpaired) electrons. The summed E-state index contributed by atoms with van der Waals surface area (Å²) in [4.78, 5) is 14.1. The van der Waals surface area contributed by atoms with Crippen LogP contribution in [-0.4, -0.2) is 5.78 Å². The van der Waals surface area contributed by atoms with Gasteiger partial charge in [-0.1, -0.05) is 53.3 Å². The number of carbonyl (C=O) groups excluding carboxylic acids is 1. The highest BCUT2D eigenvalue weighted by Crippen LogP contribution is 2.39. The standard InChI is InChI=1S/C13H8Cl4OS/c1-2-6-3-4-9(19-6)13(18)10-7(14)5-8(15)11(16)12(10)17/h3-5H,2H2,1H3. The number of ketones is 1. The molecule has 0 bridgehead atoms. The van der Waals surface area contributed by atoms with E-state index in [9.17, 15) is 4.79 Å². The fourth-order valence-electron chi connectivity index (χ4n) is 1.59. The number of carbonyl (C=O) groups is 1. The molecule has 2 rings (SSSR count). The Hall–Kier alpha value is -0.250. The van der Waals surface area contributed by atoms with Crippen LogP contribution in [0.1, 0.15) is 27.0 Å². The van der Waals surface area contributed by atoms with Crippen molar-refractivity contribution in [2.75, 3.05) is 0 Å². The minimum absolute atomic E-state index is 0.0932.